The summed E-state index contributed by atoms with van der Waals surface area (Å²) < 4.78 is 12.8. The van der Waals surface area contributed by atoms with Crippen molar-refractivity contribution in [2.45, 2.75) is 6.54 Å². The van der Waals surface area contributed by atoms with Gasteiger partial charge in [0, 0.05) is 29.4 Å². The average molecular weight is 339 g/mol. The molecule has 4 nitrogen and oxygen atoms in total. The van der Waals surface area contributed by atoms with Crippen molar-refractivity contribution in [2.24, 2.45) is 0 Å². The van der Waals surface area contributed by atoms with Crippen LogP contribution in [0.25, 0.3) is 16.6 Å². The second kappa shape index (κ2) is 7.61. The van der Waals surface area contributed by atoms with Crippen LogP contribution in [-0.2, 0) is 11.3 Å². The molecule has 1 aromatic carbocycles. The van der Waals surface area contributed by atoms with Gasteiger partial charge < -0.3 is 5.32 Å². The molecule has 0 bridgehead atoms. The van der Waals surface area contributed by atoms with E-state index < -0.39 is 0 Å². The van der Waals surface area contributed by atoms with Crippen LogP contribution in [-0.4, -0.2) is 15.9 Å². The Morgan fingerprint density at radius 3 is 2.83 bits per heavy atom. The van der Waals surface area contributed by atoms with Gasteiger partial charge in [0.05, 0.1) is 12.2 Å². The molecule has 1 N–H and O–H groups in total. The molecule has 6 heteroatoms. The molecule has 0 aliphatic heterocycles. The van der Waals surface area contributed by atoms with Crippen molar-refractivity contribution >= 4 is 23.3 Å². The number of nitrogens with one attached hydrogen (secondary N) is 1. The number of benzene rings is 1. The van der Waals surface area contributed by atoms with E-state index in [4.69, 9.17) is 0 Å². The largest absolute Gasteiger partial charge is 0.347 e. The third-order valence-electron chi connectivity index (χ3n) is 3.20. The first kappa shape index (κ1) is 16.0. The fraction of sp³-hybridized carbons (Fsp3) is 0.0556. The fourth-order valence-corrected chi connectivity index (χ4v) is 2.80. The maximum atomic E-state index is 12.8. The number of thiazole rings is 1. The summed E-state index contributed by atoms with van der Waals surface area (Å²) in [7, 11) is 0. The van der Waals surface area contributed by atoms with Gasteiger partial charge in [-0.1, -0.05) is 12.1 Å². The highest BCUT2D eigenvalue weighted by molar-refractivity contribution is 7.13. The topological polar surface area (TPSA) is 54.9 Å². The molecule has 0 spiro atoms. The van der Waals surface area contributed by atoms with E-state index in [1.807, 2.05) is 17.5 Å². The first-order valence-corrected chi connectivity index (χ1v) is 8.15. The second-order valence-electron chi connectivity index (χ2n) is 4.99. The number of hydrogen-bond acceptors (Lipinski definition) is 4. The lowest BCUT2D eigenvalue weighted by molar-refractivity contribution is -0.116. The van der Waals surface area contributed by atoms with E-state index in [1.165, 1.54) is 29.5 Å². The molecule has 0 aliphatic rings. The number of rotatable bonds is 5. The highest BCUT2D eigenvalue weighted by atomic mass is 32.1. The van der Waals surface area contributed by atoms with Crippen molar-refractivity contribution in [1.82, 2.24) is 15.3 Å². The molecular formula is C18H14FN3OS. The zero-order valence-electron chi connectivity index (χ0n) is 12.6. The van der Waals surface area contributed by atoms with Gasteiger partial charge in [-0.3, -0.25) is 9.78 Å². The molecular weight excluding hydrogens is 325 g/mol. The fourth-order valence-electron chi connectivity index (χ4n) is 1.99. The van der Waals surface area contributed by atoms with Crippen LogP contribution in [0.4, 0.5) is 4.39 Å². The van der Waals surface area contributed by atoms with E-state index in [9.17, 15) is 9.18 Å². The third kappa shape index (κ3) is 4.33. The Bertz CT molecular complexity index is 844. The summed E-state index contributed by atoms with van der Waals surface area (Å²) in [6.45, 7) is 0.351. The van der Waals surface area contributed by atoms with Gasteiger partial charge in [-0.25, -0.2) is 9.37 Å². The molecule has 2 heterocycles. The van der Waals surface area contributed by atoms with Crippen LogP contribution in [0, 0.1) is 5.82 Å². The zero-order chi connectivity index (χ0) is 16.8. The molecule has 0 saturated heterocycles. The van der Waals surface area contributed by atoms with Crippen molar-refractivity contribution in [2.75, 3.05) is 0 Å². The molecule has 0 unspecified atom stereocenters. The lowest BCUT2D eigenvalue weighted by Gasteiger charge is -1.99. The Kier molecular flexibility index (Phi) is 5.08. The maximum absolute atomic E-state index is 12.8. The van der Waals surface area contributed by atoms with E-state index in [-0.39, 0.29) is 11.7 Å². The normalized spacial score (nSPS) is 10.9. The number of pyridine rings is 1. The van der Waals surface area contributed by atoms with Crippen LogP contribution < -0.4 is 5.32 Å². The van der Waals surface area contributed by atoms with Gasteiger partial charge in [0.25, 0.3) is 0 Å². The van der Waals surface area contributed by atoms with E-state index in [1.54, 1.807) is 30.6 Å². The minimum Gasteiger partial charge on any atom is -0.347 e. The van der Waals surface area contributed by atoms with E-state index in [0.29, 0.717) is 6.54 Å². The van der Waals surface area contributed by atoms with E-state index in [0.717, 1.165) is 21.8 Å². The number of halogens is 1. The van der Waals surface area contributed by atoms with Gasteiger partial charge in [0.1, 0.15) is 10.8 Å². The summed E-state index contributed by atoms with van der Waals surface area (Å²) in [5, 5.41) is 5.55. The molecule has 1 amide bonds. The van der Waals surface area contributed by atoms with Gasteiger partial charge >= 0.3 is 0 Å². The second-order valence-corrected chi connectivity index (χ2v) is 5.85. The Balaban J connectivity index is 1.55. The first-order valence-electron chi connectivity index (χ1n) is 7.27. The summed E-state index contributed by atoms with van der Waals surface area (Å²) in [5.41, 5.74) is 2.51. The van der Waals surface area contributed by atoms with Crippen LogP contribution in [0.2, 0.25) is 0 Å². The minimum absolute atomic E-state index is 0.227. The Morgan fingerprint density at radius 2 is 2.08 bits per heavy atom. The quantitative estimate of drug-likeness (QED) is 0.722. The van der Waals surface area contributed by atoms with Crippen LogP contribution in [0.5, 0.6) is 0 Å². The third-order valence-corrected chi connectivity index (χ3v) is 4.14. The standard InChI is InChI=1S/C18H14FN3OS/c19-15-6-3-13(4-7-15)5-8-17(23)21-11-16-12-24-18(22-16)14-2-1-9-20-10-14/h1-10,12H,11H2,(H,21,23)/b8-5+. The van der Waals surface area contributed by atoms with E-state index in [2.05, 4.69) is 15.3 Å². The monoisotopic (exact) mass is 339 g/mol. The van der Waals surface area contributed by atoms with Crippen LogP contribution in [0.3, 0.4) is 0 Å². The number of carbonyl (C=O) groups excluding carboxylic acids is 1. The van der Waals surface area contributed by atoms with Crippen molar-refractivity contribution in [3.05, 3.63) is 77.3 Å². The SMILES string of the molecule is O=C(/C=C/c1ccc(F)cc1)NCc1csc(-c2cccnc2)n1. The summed E-state index contributed by atoms with van der Waals surface area (Å²) in [5.74, 6) is -0.528. The number of hydrogen-bond donors (Lipinski definition) is 1. The van der Waals surface area contributed by atoms with E-state index >= 15 is 0 Å². The molecule has 3 rings (SSSR count). The minimum atomic E-state index is -0.301. The van der Waals surface area contributed by atoms with Crippen LogP contribution in [0.1, 0.15) is 11.3 Å². The zero-order valence-corrected chi connectivity index (χ0v) is 13.5. The average Bonchev–Trinajstić information content (AvgIpc) is 3.09. The van der Waals surface area contributed by atoms with Crippen LogP contribution >= 0.6 is 11.3 Å². The summed E-state index contributed by atoms with van der Waals surface area (Å²) in [6, 6.07) is 9.73. The summed E-state index contributed by atoms with van der Waals surface area (Å²) in [4.78, 5) is 20.4. The van der Waals surface area contributed by atoms with Crippen molar-refractivity contribution < 1.29 is 9.18 Å². The highest BCUT2D eigenvalue weighted by Crippen LogP contribution is 2.22. The van der Waals surface area contributed by atoms with Crippen molar-refractivity contribution in [1.29, 1.82) is 0 Å². The Labute approximate surface area is 142 Å². The molecule has 2 aromatic heterocycles. The first-order chi connectivity index (χ1) is 11.7. The molecule has 0 fully saturated rings. The Morgan fingerprint density at radius 1 is 1.25 bits per heavy atom. The number of carbonyl (C=O) groups is 1. The lowest BCUT2D eigenvalue weighted by atomic mass is 10.2. The van der Waals surface area contributed by atoms with Crippen molar-refractivity contribution in [3.63, 3.8) is 0 Å². The van der Waals surface area contributed by atoms with Gasteiger partial charge in [-0.15, -0.1) is 11.3 Å². The molecule has 0 radical (unpaired) electrons. The molecule has 120 valence electrons. The highest BCUT2D eigenvalue weighted by Gasteiger charge is 2.05. The molecule has 0 saturated carbocycles. The lowest BCUT2D eigenvalue weighted by Crippen LogP contribution is -2.20. The van der Waals surface area contributed by atoms with Gasteiger partial charge in [0.2, 0.25) is 5.91 Å². The maximum Gasteiger partial charge on any atom is 0.244 e. The molecule has 3 aromatic rings. The number of nitrogens with zero attached hydrogens (tertiary/aromatic N) is 2. The molecule has 24 heavy (non-hydrogen) atoms. The number of amides is 1. The summed E-state index contributed by atoms with van der Waals surface area (Å²) in [6.07, 6.45) is 6.52. The van der Waals surface area contributed by atoms with Crippen molar-refractivity contribution in [3.8, 4) is 10.6 Å². The Hall–Kier alpha value is -2.86. The smallest absolute Gasteiger partial charge is 0.244 e. The van der Waals surface area contributed by atoms with Gasteiger partial charge in [0.15, 0.2) is 0 Å². The predicted octanol–water partition coefficient (Wildman–Crippen LogP) is 3.67. The van der Waals surface area contributed by atoms with Gasteiger partial charge in [-0.2, -0.15) is 0 Å². The number of aromatic nitrogens is 2. The predicted molar refractivity (Wildman–Crippen MR) is 92.6 cm³/mol. The van der Waals surface area contributed by atoms with Crippen LogP contribution in [0.15, 0.2) is 60.2 Å². The molecule has 0 aliphatic carbocycles. The summed E-state index contributed by atoms with van der Waals surface area (Å²) >= 11 is 1.51. The molecule has 0 atom stereocenters. The van der Waals surface area contributed by atoms with Gasteiger partial charge in [-0.05, 0) is 35.9 Å².